The average molecular weight is 383 g/mol. The number of halogens is 1. The molecule has 2 rings (SSSR count). The second kappa shape index (κ2) is 8.98. The van der Waals surface area contributed by atoms with Crippen LogP contribution in [0.2, 0.25) is 0 Å². The van der Waals surface area contributed by atoms with E-state index in [0.717, 1.165) is 4.31 Å². The summed E-state index contributed by atoms with van der Waals surface area (Å²) < 4.78 is 48.9. The number of nitrogens with zero attached hydrogens (tertiary/aromatic N) is 1. The largest absolute Gasteiger partial charge is 0.497 e. The minimum absolute atomic E-state index is 0.0725. The minimum Gasteiger partial charge on any atom is -0.497 e. The third-order valence-corrected chi connectivity index (χ3v) is 5.61. The van der Waals surface area contributed by atoms with E-state index in [-0.39, 0.29) is 18.9 Å². The monoisotopic (exact) mass is 383 g/mol. The van der Waals surface area contributed by atoms with Crippen LogP contribution in [0.3, 0.4) is 0 Å². The lowest BCUT2D eigenvalue weighted by atomic mass is 10.1. The topological polar surface area (TPSA) is 76.1 Å². The Morgan fingerprint density at radius 2 is 1.65 bits per heavy atom. The Bertz CT molecular complexity index is 793. The third-order valence-electron chi connectivity index (χ3n) is 3.83. The van der Waals surface area contributed by atoms with Crippen LogP contribution in [0.4, 0.5) is 4.39 Å². The maximum Gasteiger partial charge on any atom is 0.217 e. The summed E-state index contributed by atoms with van der Waals surface area (Å²) in [6, 6.07) is 12.1. The van der Waals surface area contributed by atoms with Gasteiger partial charge in [0.2, 0.25) is 10.0 Å². The molecule has 6 nitrogen and oxygen atoms in total. The number of likely N-dealkylation sites (N-methyl/N-ethyl adjacent to an activating group) is 1. The van der Waals surface area contributed by atoms with Gasteiger partial charge >= 0.3 is 0 Å². The molecular formula is C18H22FNO5S. The SMILES string of the molecule is COc1ccc(C(O)CN(C)S(=O)(=O)CCOc2ccc(F)cc2)cc1. The van der Waals surface area contributed by atoms with Crippen LogP contribution in [0, 0.1) is 5.82 Å². The molecule has 2 aromatic rings. The molecule has 0 spiro atoms. The normalized spacial score (nSPS) is 12.8. The van der Waals surface area contributed by atoms with Gasteiger partial charge in [-0.05, 0) is 42.0 Å². The van der Waals surface area contributed by atoms with Crippen molar-refractivity contribution in [2.75, 3.05) is 33.1 Å². The smallest absolute Gasteiger partial charge is 0.217 e. The molecule has 0 heterocycles. The fourth-order valence-corrected chi connectivity index (χ4v) is 3.21. The molecule has 8 heteroatoms. The molecule has 0 saturated heterocycles. The highest BCUT2D eigenvalue weighted by Crippen LogP contribution is 2.19. The summed E-state index contributed by atoms with van der Waals surface area (Å²) in [5.74, 6) is 0.399. The zero-order chi connectivity index (χ0) is 19.2. The van der Waals surface area contributed by atoms with E-state index >= 15 is 0 Å². The highest BCUT2D eigenvalue weighted by molar-refractivity contribution is 7.89. The maximum absolute atomic E-state index is 12.8. The Hall–Kier alpha value is -2.16. The Kier molecular flexibility index (Phi) is 6.96. The van der Waals surface area contributed by atoms with E-state index in [4.69, 9.17) is 9.47 Å². The van der Waals surface area contributed by atoms with E-state index in [1.807, 2.05) is 0 Å². The molecule has 1 atom stereocenters. The van der Waals surface area contributed by atoms with Crippen LogP contribution in [-0.2, 0) is 10.0 Å². The summed E-state index contributed by atoms with van der Waals surface area (Å²) in [6.07, 6.45) is -0.960. The molecule has 0 aliphatic rings. The fraction of sp³-hybridized carbons (Fsp3) is 0.333. The van der Waals surface area contributed by atoms with Crippen molar-refractivity contribution in [1.82, 2.24) is 4.31 Å². The summed E-state index contributed by atoms with van der Waals surface area (Å²) in [5.41, 5.74) is 0.593. The first-order valence-corrected chi connectivity index (χ1v) is 9.57. The van der Waals surface area contributed by atoms with Crippen molar-refractivity contribution in [1.29, 1.82) is 0 Å². The molecule has 0 radical (unpaired) electrons. The van der Waals surface area contributed by atoms with Crippen LogP contribution in [0.15, 0.2) is 48.5 Å². The Morgan fingerprint density at radius 1 is 1.08 bits per heavy atom. The average Bonchev–Trinajstić information content (AvgIpc) is 2.63. The maximum atomic E-state index is 12.8. The lowest BCUT2D eigenvalue weighted by molar-refractivity contribution is 0.154. The van der Waals surface area contributed by atoms with Crippen LogP contribution in [-0.4, -0.2) is 50.9 Å². The van der Waals surface area contributed by atoms with Crippen LogP contribution in [0.5, 0.6) is 11.5 Å². The predicted molar refractivity (Wildman–Crippen MR) is 96.3 cm³/mol. The van der Waals surface area contributed by atoms with Gasteiger partial charge in [0.05, 0.1) is 19.0 Å². The van der Waals surface area contributed by atoms with Gasteiger partial charge in [0.25, 0.3) is 0 Å². The number of sulfonamides is 1. The van der Waals surface area contributed by atoms with Gasteiger partial charge in [0, 0.05) is 13.6 Å². The van der Waals surface area contributed by atoms with Crippen molar-refractivity contribution in [3.8, 4) is 11.5 Å². The van der Waals surface area contributed by atoms with E-state index < -0.39 is 21.9 Å². The second-order valence-corrected chi connectivity index (χ2v) is 7.88. The number of aliphatic hydroxyl groups is 1. The van der Waals surface area contributed by atoms with Crippen molar-refractivity contribution in [2.45, 2.75) is 6.10 Å². The number of hydrogen-bond donors (Lipinski definition) is 1. The summed E-state index contributed by atoms with van der Waals surface area (Å²) in [4.78, 5) is 0. The van der Waals surface area contributed by atoms with Crippen molar-refractivity contribution in [2.24, 2.45) is 0 Å². The number of ether oxygens (including phenoxy) is 2. The molecule has 1 unspecified atom stereocenters. The first kappa shape index (κ1) is 20.2. The van der Waals surface area contributed by atoms with Gasteiger partial charge in [0.15, 0.2) is 0 Å². The number of aliphatic hydroxyl groups excluding tert-OH is 1. The number of benzene rings is 2. The highest BCUT2D eigenvalue weighted by atomic mass is 32.2. The van der Waals surface area contributed by atoms with E-state index in [2.05, 4.69) is 0 Å². The van der Waals surface area contributed by atoms with Gasteiger partial charge in [-0.15, -0.1) is 0 Å². The standard InChI is InChI=1S/C18H22FNO5S/c1-20(13-18(21)14-3-7-16(24-2)8-4-14)26(22,23)12-11-25-17-9-5-15(19)6-10-17/h3-10,18,21H,11-13H2,1-2H3. The van der Waals surface area contributed by atoms with E-state index in [1.54, 1.807) is 31.4 Å². The zero-order valence-corrected chi connectivity index (χ0v) is 15.4. The van der Waals surface area contributed by atoms with Gasteiger partial charge in [-0.25, -0.2) is 17.1 Å². The van der Waals surface area contributed by atoms with Crippen molar-refractivity contribution >= 4 is 10.0 Å². The Labute approximate surface area is 152 Å². The van der Waals surface area contributed by atoms with Gasteiger partial charge in [-0.2, -0.15) is 0 Å². The molecule has 0 aliphatic carbocycles. The quantitative estimate of drug-likeness (QED) is 0.719. The minimum atomic E-state index is -3.60. The van der Waals surface area contributed by atoms with Crippen LogP contribution in [0.25, 0.3) is 0 Å². The second-order valence-electron chi connectivity index (χ2n) is 5.69. The molecule has 0 aliphatic heterocycles. The summed E-state index contributed by atoms with van der Waals surface area (Å²) in [7, 11) is -0.661. The van der Waals surface area contributed by atoms with Crippen LogP contribution >= 0.6 is 0 Å². The number of methoxy groups -OCH3 is 1. The fourth-order valence-electron chi connectivity index (χ4n) is 2.24. The lowest BCUT2D eigenvalue weighted by Gasteiger charge is -2.21. The van der Waals surface area contributed by atoms with E-state index in [1.165, 1.54) is 31.3 Å². The van der Waals surface area contributed by atoms with Gasteiger partial charge in [-0.3, -0.25) is 0 Å². The van der Waals surface area contributed by atoms with Gasteiger partial charge in [-0.1, -0.05) is 12.1 Å². The molecule has 0 amide bonds. The molecular weight excluding hydrogens is 361 g/mol. The molecule has 1 N–H and O–H groups in total. The summed E-state index contributed by atoms with van der Waals surface area (Å²) in [6.45, 7) is -0.151. The van der Waals surface area contributed by atoms with Crippen LogP contribution < -0.4 is 9.47 Å². The van der Waals surface area contributed by atoms with Crippen LogP contribution in [0.1, 0.15) is 11.7 Å². The third kappa shape index (κ3) is 5.69. The van der Waals surface area contributed by atoms with E-state index in [0.29, 0.717) is 17.1 Å². The first-order valence-electron chi connectivity index (χ1n) is 7.96. The summed E-state index contributed by atoms with van der Waals surface area (Å²) in [5, 5.41) is 10.2. The number of hydrogen-bond acceptors (Lipinski definition) is 5. The van der Waals surface area contributed by atoms with Crippen molar-refractivity contribution in [3.63, 3.8) is 0 Å². The zero-order valence-electron chi connectivity index (χ0n) is 14.6. The first-order chi connectivity index (χ1) is 12.3. The molecule has 0 saturated carbocycles. The molecule has 142 valence electrons. The van der Waals surface area contributed by atoms with Gasteiger partial charge < -0.3 is 14.6 Å². The van der Waals surface area contributed by atoms with Crippen molar-refractivity contribution < 1.29 is 27.4 Å². The molecule has 26 heavy (non-hydrogen) atoms. The summed E-state index contributed by atoms with van der Waals surface area (Å²) >= 11 is 0. The van der Waals surface area contributed by atoms with Gasteiger partial charge in [0.1, 0.15) is 23.9 Å². The number of rotatable bonds is 9. The Balaban J connectivity index is 1.87. The highest BCUT2D eigenvalue weighted by Gasteiger charge is 2.21. The van der Waals surface area contributed by atoms with Crippen molar-refractivity contribution in [3.05, 3.63) is 59.9 Å². The molecule has 0 bridgehead atoms. The lowest BCUT2D eigenvalue weighted by Crippen LogP contribution is -2.34. The van der Waals surface area contributed by atoms with E-state index in [9.17, 15) is 17.9 Å². The predicted octanol–water partition coefficient (Wildman–Crippen LogP) is 2.21. The Morgan fingerprint density at radius 3 is 2.23 bits per heavy atom. The molecule has 2 aromatic carbocycles. The molecule has 0 aromatic heterocycles. The molecule has 0 fully saturated rings.